The first-order chi connectivity index (χ1) is 16.9. The van der Waals surface area contributed by atoms with Gasteiger partial charge < -0.3 is 20.9 Å². The number of phenols is 1. The van der Waals surface area contributed by atoms with E-state index in [1.807, 2.05) is 26.0 Å². The minimum Gasteiger partial charge on any atom is -0.505 e. The van der Waals surface area contributed by atoms with E-state index >= 15 is 0 Å². The number of benzene rings is 4. The first-order valence-electron chi connectivity index (χ1n) is 11.0. The Bertz CT molecular complexity index is 1450. The van der Waals surface area contributed by atoms with E-state index < -0.39 is 11.8 Å². The molecule has 0 bridgehead atoms. The summed E-state index contributed by atoms with van der Waals surface area (Å²) >= 11 is 0. The Morgan fingerprint density at radius 1 is 1.00 bits per heavy atom. The number of hydrogen-bond acceptors (Lipinski definition) is 6. The second-order valence-corrected chi connectivity index (χ2v) is 7.82. The molecule has 8 heteroatoms. The number of phenolic OH excluding ortho intramolecular Hbond substituents is 1. The van der Waals surface area contributed by atoms with Gasteiger partial charge in [-0.3, -0.25) is 9.59 Å². The number of aryl methyl sites for hydroxylation is 1. The van der Waals surface area contributed by atoms with Crippen molar-refractivity contribution in [2.24, 2.45) is 16.0 Å². The molecule has 2 amide bonds. The predicted octanol–water partition coefficient (Wildman–Crippen LogP) is 6.02. The van der Waals surface area contributed by atoms with E-state index in [2.05, 4.69) is 15.5 Å². The van der Waals surface area contributed by atoms with E-state index in [0.29, 0.717) is 40.1 Å². The summed E-state index contributed by atoms with van der Waals surface area (Å²) in [5.74, 6) is -0.694. The third-order valence-corrected chi connectivity index (χ3v) is 5.41. The fourth-order valence-electron chi connectivity index (χ4n) is 3.57. The maximum absolute atomic E-state index is 13.1. The third kappa shape index (κ3) is 5.11. The highest BCUT2D eigenvalue weighted by Gasteiger charge is 2.19. The number of carbonyl (C=O) groups excluding carboxylic acids is 2. The minimum absolute atomic E-state index is 0.0501. The average Bonchev–Trinajstić information content (AvgIpc) is 2.85. The summed E-state index contributed by atoms with van der Waals surface area (Å²) in [5.41, 5.74) is 7.61. The topological polar surface area (TPSA) is 126 Å². The highest BCUT2D eigenvalue weighted by atomic mass is 16.5. The number of amides is 2. The van der Waals surface area contributed by atoms with Crippen LogP contribution in [-0.2, 0) is 0 Å². The molecule has 4 N–H and O–H groups in total. The van der Waals surface area contributed by atoms with Crippen molar-refractivity contribution in [1.29, 1.82) is 0 Å². The van der Waals surface area contributed by atoms with E-state index in [1.54, 1.807) is 54.6 Å². The molecule has 35 heavy (non-hydrogen) atoms. The first kappa shape index (κ1) is 23.4. The van der Waals surface area contributed by atoms with Crippen molar-refractivity contribution in [1.82, 2.24) is 0 Å². The highest BCUT2D eigenvalue weighted by Crippen LogP contribution is 2.40. The van der Waals surface area contributed by atoms with Crippen LogP contribution < -0.4 is 15.8 Å². The molecule has 0 saturated carbocycles. The first-order valence-corrected chi connectivity index (χ1v) is 11.0. The Labute approximate surface area is 202 Å². The number of rotatable bonds is 7. The molecule has 0 aliphatic rings. The molecule has 4 rings (SSSR count). The lowest BCUT2D eigenvalue weighted by Crippen LogP contribution is -2.12. The van der Waals surface area contributed by atoms with Gasteiger partial charge in [-0.1, -0.05) is 30.3 Å². The summed E-state index contributed by atoms with van der Waals surface area (Å²) in [6.45, 7) is 4.25. The number of fused-ring (bicyclic) bond motifs is 1. The van der Waals surface area contributed by atoms with Crippen LogP contribution >= 0.6 is 0 Å². The molecule has 4 aromatic carbocycles. The van der Waals surface area contributed by atoms with Gasteiger partial charge in [-0.15, -0.1) is 5.11 Å². The van der Waals surface area contributed by atoms with Crippen LogP contribution in [0.25, 0.3) is 10.8 Å². The number of nitrogens with zero attached hydrogens (tertiary/aromatic N) is 2. The average molecular weight is 469 g/mol. The maximum atomic E-state index is 13.1. The van der Waals surface area contributed by atoms with Crippen LogP contribution in [0.2, 0.25) is 0 Å². The Hall–Kier alpha value is -4.72. The van der Waals surface area contributed by atoms with Gasteiger partial charge in [-0.05, 0) is 67.3 Å². The summed E-state index contributed by atoms with van der Waals surface area (Å²) in [4.78, 5) is 24.6. The number of primary amides is 1. The van der Waals surface area contributed by atoms with Crippen molar-refractivity contribution in [3.8, 4) is 11.5 Å². The summed E-state index contributed by atoms with van der Waals surface area (Å²) < 4.78 is 5.42. The van der Waals surface area contributed by atoms with Crippen LogP contribution in [-0.4, -0.2) is 23.5 Å². The van der Waals surface area contributed by atoms with E-state index in [9.17, 15) is 14.7 Å². The lowest BCUT2D eigenvalue weighted by Gasteiger charge is -2.12. The van der Waals surface area contributed by atoms with Crippen molar-refractivity contribution in [3.05, 3.63) is 89.5 Å². The van der Waals surface area contributed by atoms with Crippen molar-refractivity contribution in [2.45, 2.75) is 13.8 Å². The fraction of sp³-hybridized carbons (Fsp3) is 0.111. The molecule has 0 radical (unpaired) electrons. The van der Waals surface area contributed by atoms with Crippen molar-refractivity contribution >= 4 is 39.6 Å². The molecule has 0 atom stereocenters. The molecule has 0 saturated heterocycles. The van der Waals surface area contributed by atoms with Gasteiger partial charge in [0.2, 0.25) is 5.91 Å². The van der Waals surface area contributed by atoms with Gasteiger partial charge in [-0.25, -0.2) is 0 Å². The van der Waals surface area contributed by atoms with E-state index in [0.717, 1.165) is 5.56 Å². The Morgan fingerprint density at radius 2 is 1.74 bits per heavy atom. The number of ether oxygens (including phenoxy) is 1. The normalized spacial score (nSPS) is 11.0. The summed E-state index contributed by atoms with van der Waals surface area (Å²) in [6.07, 6.45) is 0. The molecule has 176 valence electrons. The Kier molecular flexibility index (Phi) is 6.73. The predicted molar refractivity (Wildman–Crippen MR) is 135 cm³/mol. The second-order valence-electron chi connectivity index (χ2n) is 7.82. The molecule has 0 fully saturated rings. The maximum Gasteiger partial charge on any atom is 0.259 e. The van der Waals surface area contributed by atoms with E-state index in [4.69, 9.17) is 10.5 Å². The molecule has 0 heterocycles. The van der Waals surface area contributed by atoms with Crippen LogP contribution in [0.4, 0.5) is 17.1 Å². The van der Waals surface area contributed by atoms with Gasteiger partial charge in [0, 0.05) is 16.6 Å². The second kappa shape index (κ2) is 10.0. The fourth-order valence-corrected chi connectivity index (χ4v) is 3.57. The molecule has 0 aliphatic carbocycles. The summed E-state index contributed by atoms with van der Waals surface area (Å²) in [6, 6.07) is 20.6. The zero-order valence-electron chi connectivity index (χ0n) is 19.3. The van der Waals surface area contributed by atoms with Crippen LogP contribution in [0, 0.1) is 6.92 Å². The molecule has 0 spiro atoms. The lowest BCUT2D eigenvalue weighted by molar-refractivity contribution is 0.0997. The smallest absolute Gasteiger partial charge is 0.259 e. The highest BCUT2D eigenvalue weighted by molar-refractivity contribution is 6.11. The molecular weight excluding hydrogens is 444 g/mol. The van der Waals surface area contributed by atoms with Gasteiger partial charge in [-0.2, -0.15) is 5.11 Å². The third-order valence-electron chi connectivity index (χ3n) is 5.41. The van der Waals surface area contributed by atoms with Crippen molar-refractivity contribution in [2.75, 3.05) is 11.9 Å². The molecule has 0 unspecified atom stereocenters. The number of anilines is 1. The van der Waals surface area contributed by atoms with E-state index in [-0.39, 0.29) is 17.0 Å². The standard InChI is InChI=1S/C27H24N4O4/c1-3-35-20-12-10-19(11-13-20)29-27(34)22-14-17-6-4-5-7-21(17)24(25(22)32)31-30-23-15-18(26(28)33)9-8-16(23)2/h4-15,32H,3H2,1-2H3,(H2,28,33)(H,29,34). The van der Waals surface area contributed by atoms with Crippen LogP contribution in [0.15, 0.2) is 83.0 Å². The summed E-state index contributed by atoms with van der Waals surface area (Å²) in [5, 5.41) is 23.7. The zero-order chi connectivity index (χ0) is 24.9. The van der Waals surface area contributed by atoms with Gasteiger partial charge in [0.05, 0.1) is 17.9 Å². The van der Waals surface area contributed by atoms with Gasteiger partial charge >= 0.3 is 0 Å². The number of nitrogens with one attached hydrogen (secondary N) is 1. The minimum atomic E-state index is -0.581. The largest absolute Gasteiger partial charge is 0.505 e. The number of aromatic hydroxyl groups is 1. The van der Waals surface area contributed by atoms with Crippen LogP contribution in [0.3, 0.4) is 0 Å². The van der Waals surface area contributed by atoms with Gasteiger partial charge in [0.15, 0.2) is 5.75 Å². The van der Waals surface area contributed by atoms with Gasteiger partial charge in [0.25, 0.3) is 5.91 Å². The lowest BCUT2D eigenvalue weighted by atomic mass is 10.0. The van der Waals surface area contributed by atoms with Crippen LogP contribution in [0.1, 0.15) is 33.2 Å². The number of nitrogens with two attached hydrogens (primary N) is 1. The number of azo groups is 1. The summed E-state index contributed by atoms with van der Waals surface area (Å²) in [7, 11) is 0. The molecule has 0 aliphatic heterocycles. The number of carbonyl (C=O) groups is 2. The van der Waals surface area contributed by atoms with Crippen molar-refractivity contribution < 1.29 is 19.4 Å². The SMILES string of the molecule is CCOc1ccc(NC(=O)c2cc3ccccc3c(N=Nc3cc(C(N)=O)ccc3C)c2O)cc1. The van der Waals surface area contributed by atoms with E-state index in [1.165, 1.54) is 6.07 Å². The van der Waals surface area contributed by atoms with Gasteiger partial charge in [0.1, 0.15) is 11.4 Å². The van der Waals surface area contributed by atoms with Crippen molar-refractivity contribution in [3.63, 3.8) is 0 Å². The monoisotopic (exact) mass is 468 g/mol. The molecular formula is C27H24N4O4. The van der Waals surface area contributed by atoms with Crippen LogP contribution in [0.5, 0.6) is 11.5 Å². The quantitative estimate of drug-likeness (QED) is 0.287. The Morgan fingerprint density at radius 3 is 2.46 bits per heavy atom. The molecule has 4 aromatic rings. The molecule has 8 nitrogen and oxygen atoms in total. The zero-order valence-corrected chi connectivity index (χ0v) is 19.3. The number of hydrogen-bond donors (Lipinski definition) is 3. The Balaban J connectivity index is 1.73. The molecule has 0 aromatic heterocycles.